The maximum Gasteiger partial charge on any atom is 0.136 e. The van der Waals surface area contributed by atoms with E-state index in [-0.39, 0.29) is 6.10 Å². The highest BCUT2D eigenvalue weighted by Gasteiger charge is 2.15. The van der Waals surface area contributed by atoms with E-state index in [1.165, 1.54) is 37.7 Å². The molecule has 1 aliphatic carbocycles. The van der Waals surface area contributed by atoms with E-state index in [9.17, 15) is 0 Å². The lowest BCUT2D eigenvalue weighted by Gasteiger charge is -2.20. The van der Waals surface area contributed by atoms with Crippen LogP contribution in [0.25, 0.3) is 11.1 Å². The Hall–Kier alpha value is -2.09. The standard InChI is InChI=1S/C23H29NO/c1-3-18(2)25-23-20(17-24-21-14-8-5-9-15-21)13-10-16-22(23)19-11-6-4-7-12-19/h4,6-7,10-13,16-18,21H,3,5,8-9,14-15H2,1-2H3. The molecule has 0 radical (unpaired) electrons. The van der Waals surface area contributed by atoms with Gasteiger partial charge in [-0.2, -0.15) is 0 Å². The first-order chi connectivity index (χ1) is 12.3. The molecule has 2 nitrogen and oxygen atoms in total. The van der Waals surface area contributed by atoms with Gasteiger partial charge in [-0.05, 0) is 37.8 Å². The molecule has 1 unspecified atom stereocenters. The van der Waals surface area contributed by atoms with Crippen LogP contribution in [0.1, 0.15) is 57.9 Å². The summed E-state index contributed by atoms with van der Waals surface area (Å²) in [4.78, 5) is 4.88. The smallest absolute Gasteiger partial charge is 0.136 e. The quantitative estimate of drug-likeness (QED) is 0.569. The molecule has 2 heteroatoms. The first-order valence-corrected chi connectivity index (χ1v) is 9.66. The van der Waals surface area contributed by atoms with Crippen LogP contribution in [-0.4, -0.2) is 18.4 Å². The van der Waals surface area contributed by atoms with Gasteiger partial charge in [-0.1, -0.05) is 68.7 Å². The summed E-state index contributed by atoms with van der Waals surface area (Å²) < 4.78 is 6.33. The zero-order valence-electron chi connectivity index (χ0n) is 15.4. The number of hydrogen-bond acceptors (Lipinski definition) is 2. The van der Waals surface area contributed by atoms with Crippen LogP contribution in [0.5, 0.6) is 5.75 Å². The fourth-order valence-corrected chi connectivity index (χ4v) is 3.33. The summed E-state index contributed by atoms with van der Waals surface area (Å²) in [5, 5.41) is 0. The van der Waals surface area contributed by atoms with Crippen molar-refractivity contribution in [2.75, 3.05) is 0 Å². The van der Waals surface area contributed by atoms with Crippen LogP contribution in [0.15, 0.2) is 53.5 Å². The minimum Gasteiger partial charge on any atom is -0.489 e. The molecule has 0 aliphatic heterocycles. The average Bonchev–Trinajstić information content (AvgIpc) is 2.68. The zero-order chi connectivity index (χ0) is 17.5. The Bertz CT molecular complexity index is 686. The molecule has 0 amide bonds. The largest absolute Gasteiger partial charge is 0.489 e. The van der Waals surface area contributed by atoms with Gasteiger partial charge in [0.25, 0.3) is 0 Å². The molecular weight excluding hydrogens is 306 g/mol. The van der Waals surface area contributed by atoms with Crippen molar-refractivity contribution in [1.82, 2.24) is 0 Å². The Morgan fingerprint density at radius 2 is 1.80 bits per heavy atom. The maximum atomic E-state index is 6.33. The topological polar surface area (TPSA) is 21.6 Å². The Kier molecular flexibility index (Phi) is 6.27. The highest BCUT2D eigenvalue weighted by atomic mass is 16.5. The molecule has 0 bridgehead atoms. The summed E-state index contributed by atoms with van der Waals surface area (Å²) in [6.07, 6.45) is 9.63. The van der Waals surface area contributed by atoms with Gasteiger partial charge in [0.2, 0.25) is 0 Å². The molecule has 2 aromatic carbocycles. The number of aliphatic imine (C=N–C) groups is 1. The van der Waals surface area contributed by atoms with E-state index in [2.05, 4.69) is 56.3 Å². The number of hydrogen-bond donors (Lipinski definition) is 0. The Morgan fingerprint density at radius 1 is 1.04 bits per heavy atom. The highest BCUT2D eigenvalue weighted by Crippen LogP contribution is 2.34. The maximum absolute atomic E-state index is 6.33. The van der Waals surface area contributed by atoms with Gasteiger partial charge in [0, 0.05) is 23.4 Å². The zero-order valence-corrected chi connectivity index (χ0v) is 15.4. The molecule has 0 saturated heterocycles. The summed E-state index contributed by atoms with van der Waals surface area (Å²) in [5.74, 6) is 0.961. The Morgan fingerprint density at radius 3 is 2.52 bits per heavy atom. The number of para-hydroxylation sites is 1. The minimum absolute atomic E-state index is 0.187. The predicted molar refractivity (Wildman–Crippen MR) is 107 cm³/mol. The molecule has 0 aromatic heterocycles. The average molecular weight is 335 g/mol. The first-order valence-electron chi connectivity index (χ1n) is 9.66. The van der Waals surface area contributed by atoms with Gasteiger partial charge < -0.3 is 4.74 Å². The van der Waals surface area contributed by atoms with E-state index in [0.29, 0.717) is 6.04 Å². The van der Waals surface area contributed by atoms with E-state index in [0.717, 1.165) is 23.3 Å². The van der Waals surface area contributed by atoms with E-state index >= 15 is 0 Å². The van der Waals surface area contributed by atoms with Crippen molar-refractivity contribution in [1.29, 1.82) is 0 Å². The number of benzene rings is 2. The summed E-state index contributed by atoms with van der Waals surface area (Å²) in [6, 6.07) is 17.3. The Labute approximate surface area is 152 Å². The fraction of sp³-hybridized carbons (Fsp3) is 0.435. The van der Waals surface area contributed by atoms with Crippen molar-refractivity contribution in [2.45, 2.75) is 64.5 Å². The lowest BCUT2D eigenvalue weighted by Crippen LogP contribution is -2.13. The van der Waals surface area contributed by atoms with Gasteiger partial charge in [-0.15, -0.1) is 0 Å². The number of nitrogens with zero attached hydrogens (tertiary/aromatic N) is 1. The lowest BCUT2D eigenvalue weighted by molar-refractivity contribution is 0.218. The molecule has 1 saturated carbocycles. The third-order valence-electron chi connectivity index (χ3n) is 5.02. The van der Waals surface area contributed by atoms with E-state index in [1.54, 1.807) is 0 Å². The fourth-order valence-electron chi connectivity index (χ4n) is 3.33. The SMILES string of the molecule is CCC(C)Oc1c(C=NC2CCCCC2)cccc1-c1ccccc1. The molecule has 0 N–H and O–H groups in total. The van der Waals surface area contributed by atoms with Crippen molar-refractivity contribution in [3.8, 4) is 16.9 Å². The van der Waals surface area contributed by atoms with Crippen molar-refractivity contribution in [2.24, 2.45) is 4.99 Å². The minimum atomic E-state index is 0.187. The molecule has 0 spiro atoms. The van der Waals surface area contributed by atoms with Gasteiger partial charge in [0.1, 0.15) is 5.75 Å². The van der Waals surface area contributed by atoms with E-state index in [4.69, 9.17) is 9.73 Å². The Balaban J connectivity index is 1.94. The summed E-state index contributed by atoms with van der Waals surface area (Å²) in [5.41, 5.74) is 3.43. The second-order valence-electron chi connectivity index (χ2n) is 7.00. The van der Waals surface area contributed by atoms with Crippen LogP contribution < -0.4 is 4.74 Å². The van der Waals surface area contributed by atoms with Crippen LogP contribution in [0.2, 0.25) is 0 Å². The molecule has 0 heterocycles. The van der Waals surface area contributed by atoms with Gasteiger partial charge in [-0.3, -0.25) is 4.99 Å². The van der Waals surface area contributed by atoms with Crippen LogP contribution in [-0.2, 0) is 0 Å². The third kappa shape index (κ3) is 4.72. The summed E-state index contributed by atoms with van der Waals surface area (Å²) >= 11 is 0. The number of rotatable bonds is 6. The molecule has 3 rings (SSSR count). The summed E-state index contributed by atoms with van der Waals surface area (Å²) in [7, 11) is 0. The molecule has 132 valence electrons. The van der Waals surface area contributed by atoms with Crippen molar-refractivity contribution >= 4 is 6.21 Å². The van der Waals surface area contributed by atoms with Crippen LogP contribution >= 0.6 is 0 Å². The van der Waals surface area contributed by atoms with Crippen molar-refractivity contribution < 1.29 is 4.74 Å². The predicted octanol–water partition coefficient (Wildman–Crippen LogP) is 6.28. The van der Waals surface area contributed by atoms with Gasteiger partial charge in [0.05, 0.1) is 6.10 Å². The highest BCUT2D eigenvalue weighted by molar-refractivity contribution is 5.89. The first kappa shape index (κ1) is 17.7. The molecule has 2 aromatic rings. The lowest BCUT2D eigenvalue weighted by atomic mass is 9.96. The van der Waals surface area contributed by atoms with Crippen molar-refractivity contribution in [3.05, 3.63) is 54.1 Å². The van der Waals surface area contributed by atoms with E-state index < -0.39 is 0 Å². The normalized spacial score (nSPS) is 16.9. The van der Waals surface area contributed by atoms with Crippen LogP contribution in [0.4, 0.5) is 0 Å². The molecule has 25 heavy (non-hydrogen) atoms. The molecule has 1 aliphatic rings. The van der Waals surface area contributed by atoms with E-state index in [1.807, 2.05) is 12.3 Å². The second kappa shape index (κ2) is 8.84. The monoisotopic (exact) mass is 335 g/mol. The summed E-state index contributed by atoms with van der Waals surface area (Å²) in [6.45, 7) is 4.29. The van der Waals surface area contributed by atoms with Crippen molar-refractivity contribution in [3.63, 3.8) is 0 Å². The van der Waals surface area contributed by atoms with Crippen LogP contribution in [0, 0.1) is 0 Å². The number of ether oxygens (including phenoxy) is 1. The van der Waals surface area contributed by atoms with Crippen LogP contribution in [0.3, 0.4) is 0 Å². The second-order valence-corrected chi connectivity index (χ2v) is 7.00. The van der Waals surface area contributed by atoms with Gasteiger partial charge >= 0.3 is 0 Å². The van der Waals surface area contributed by atoms with Gasteiger partial charge in [0.15, 0.2) is 0 Å². The molecule has 1 atom stereocenters. The van der Waals surface area contributed by atoms with Gasteiger partial charge in [-0.25, -0.2) is 0 Å². The third-order valence-corrected chi connectivity index (χ3v) is 5.02. The molecule has 1 fully saturated rings. The molecular formula is C23H29NO.